The lowest BCUT2D eigenvalue weighted by Crippen LogP contribution is -2.60. The van der Waals surface area contributed by atoms with Crippen LogP contribution in [0.5, 0.6) is 34.5 Å². The Bertz CT molecular complexity index is 1020. The molecule has 180 valence electrons. The highest BCUT2D eigenvalue weighted by atomic mass is 16.7. The molecule has 0 spiro atoms. The maximum absolute atomic E-state index is 10.7. The zero-order valence-corrected chi connectivity index (χ0v) is 17.0. The Kier molecular flexibility index (Phi) is 6.14. The van der Waals surface area contributed by atoms with E-state index >= 15 is 0 Å². The second kappa shape index (κ2) is 8.74. The highest BCUT2D eigenvalue weighted by molar-refractivity contribution is 5.61. The molecule has 2 aliphatic heterocycles. The van der Waals surface area contributed by atoms with E-state index in [1.165, 1.54) is 18.2 Å². The first-order valence-corrected chi connectivity index (χ1v) is 10.0. The topological polar surface area (TPSA) is 210 Å². The summed E-state index contributed by atoms with van der Waals surface area (Å²) in [7, 11) is 0. The molecule has 2 aromatic rings. The number of hydrogen-bond donors (Lipinski definition) is 9. The lowest BCUT2D eigenvalue weighted by molar-refractivity contribution is -0.277. The Hall–Kier alpha value is -3.00. The van der Waals surface area contributed by atoms with Crippen molar-refractivity contribution >= 4 is 0 Å². The molecular weight excluding hydrogens is 444 g/mol. The standard InChI is InChI=1S/C21H24O12/c22-6-14-16(28)17(29)18(30)21(32-14)33-20-12(26)5-13-8(15(20)27)4-11(25)19(31-13)7-1-2-9(23)10(24)3-7/h1-3,5,11,14,16-19,21-30H,4,6H2/t11-,14+,16-,17-,18+,19+,21+/m0/s1. The van der Waals surface area contributed by atoms with Gasteiger partial charge in [-0.25, -0.2) is 0 Å². The number of fused-ring (bicyclic) bond motifs is 1. The zero-order valence-electron chi connectivity index (χ0n) is 17.0. The van der Waals surface area contributed by atoms with Crippen molar-refractivity contribution in [3.05, 3.63) is 35.4 Å². The van der Waals surface area contributed by atoms with Gasteiger partial charge < -0.3 is 60.2 Å². The van der Waals surface area contributed by atoms with Gasteiger partial charge in [-0.3, -0.25) is 0 Å². The summed E-state index contributed by atoms with van der Waals surface area (Å²) in [4.78, 5) is 0. The molecule has 1 fully saturated rings. The number of phenols is 4. The van der Waals surface area contributed by atoms with Gasteiger partial charge in [0.1, 0.15) is 36.3 Å². The molecule has 2 heterocycles. The average molecular weight is 468 g/mol. The molecule has 0 aliphatic carbocycles. The van der Waals surface area contributed by atoms with Gasteiger partial charge in [0.25, 0.3) is 0 Å². The van der Waals surface area contributed by atoms with Gasteiger partial charge in [-0.1, -0.05) is 6.07 Å². The van der Waals surface area contributed by atoms with E-state index in [0.29, 0.717) is 5.56 Å². The highest BCUT2D eigenvalue weighted by Crippen LogP contribution is 2.49. The second-order valence-electron chi connectivity index (χ2n) is 7.92. The summed E-state index contributed by atoms with van der Waals surface area (Å²) in [6.07, 6.45) is -10.4. The maximum atomic E-state index is 10.7. The molecule has 9 N–H and O–H groups in total. The quantitative estimate of drug-likeness (QED) is 0.240. The predicted molar refractivity (Wildman–Crippen MR) is 107 cm³/mol. The largest absolute Gasteiger partial charge is 0.504 e. The molecular formula is C21H24O12. The van der Waals surface area contributed by atoms with E-state index in [2.05, 4.69) is 0 Å². The first-order chi connectivity index (χ1) is 15.6. The molecule has 2 aliphatic rings. The smallest absolute Gasteiger partial charge is 0.229 e. The monoisotopic (exact) mass is 468 g/mol. The normalized spacial score (nSPS) is 31.5. The van der Waals surface area contributed by atoms with Crippen LogP contribution in [0.1, 0.15) is 17.2 Å². The second-order valence-corrected chi connectivity index (χ2v) is 7.92. The third-order valence-electron chi connectivity index (χ3n) is 5.73. The Labute approximate surface area is 186 Å². The van der Waals surface area contributed by atoms with Crippen molar-refractivity contribution in [2.75, 3.05) is 6.61 Å². The number of aliphatic hydroxyl groups is 5. The molecule has 0 amide bonds. The van der Waals surface area contributed by atoms with Crippen molar-refractivity contribution in [3.8, 4) is 34.5 Å². The Morgan fingerprint density at radius 3 is 2.27 bits per heavy atom. The number of benzene rings is 2. The molecule has 0 bridgehead atoms. The summed E-state index contributed by atoms with van der Waals surface area (Å²) >= 11 is 0. The third kappa shape index (κ3) is 4.08. The number of ether oxygens (including phenoxy) is 3. The number of hydrogen-bond acceptors (Lipinski definition) is 12. The van der Waals surface area contributed by atoms with E-state index in [4.69, 9.17) is 14.2 Å². The molecule has 0 radical (unpaired) electrons. The Balaban J connectivity index is 1.62. The Morgan fingerprint density at radius 2 is 1.61 bits per heavy atom. The molecule has 2 aromatic carbocycles. The van der Waals surface area contributed by atoms with E-state index in [9.17, 15) is 46.0 Å². The van der Waals surface area contributed by atoms with E-state index in [1.54, 1.807) is 0 Å². The van der Waals surface area contributed by atoms with Crippen molar-refractivity contribution in [3.63, 3.8) is 0 Å². The van der Waals surface area contributed by atoms with Crippen LogP contribution in [0.3, 0.4) is 0 Å². The van der Waals surface area contributed by atoms with Crippen LogP contribution in [0, 0.1) is 0 Å². The highest BCUT2D eigenvalue weighted by Gasteiger charge is 2.45. The molecule has 0 saturated carbocycles. The number of phenolic OH excluding ortho intramolecular Hbond substituents is 4. The first-order valence-electron chi connectivity index (χ1n) is 10.0. The maximum Gasteiger partial charge on any atom is 0.229 e. The van der Waals surface area contributed by atoms with Gasteiger partial charge in [0.2, 0.25) is 12.0 Å². The SMILES string of the molecule is OC[C@H]1O[C@H](Oc2c(O)cc3c(c2O)C[C@H](O)[C@@H](c2ccc(O)c(O)c2)O3)[C@H](O)[C@@H](O)[C@H]1O. The molecule has 7 atom stereocenters. The van der Waals surface area contributed by atoms with E-state index in [-0.39, 0.29) is 23.5 Å². The summed E-state index contributed by atoms with van der Waals surface area (Å²) in [5.41, 5.74) is 0.406. The lowest BCUT2D eigenvalue weighted by atomic mass is 9.93. The fraction of sp³-hybridized carbons (Fsp3) is 0.429. The minimum absolute atomic E-state index is 0.00835. The molecule has 1 saturated heterocycles. The fourth-order valence-corrected chi connectivity index (χ4v) is 3.89. The van der Waals surface area contributed by atoms with Crippen molar-refractivity contribution in [2.45, 2.75) is 49.3 Å². The molecule has 0 unspecified atom stereocenters. The third-order valence-corrected chi connectivity index (χ3v) is 5.73. The summed E-state index contributed by atoms with van der Waals surface area (Å²) in [5, 5.41) is 90.1. The number of aromatic hydroxyl groups is 4. The van der Waals surface area contributed by atoms with E-state index < -0.39 is 72.5 Å². The first kappa shape index (κ1) is 23.2. The molecule has 12 nitrogen and oxygen atoms in total. The summed E-state index contributed by atoms with van der Waals surface area (Å²) in [6.45, 7) is -0.693. The van der Waals surface area contributed by atoms with Gasteiger partial charge >= 0.3 is 0 Å². The van der Waals surface area contributed by atoms with Crippen LogP contribution in [0.4, 0.5) is 0 Å². The minimum Gasteiger partial charge on any atom is -0.504 e. The van der Waals surface area contributed by atoms with Gasteiger partial charge in [0.05, 0.1) is 12.7 Å². The fourth-order valence-electron chi connectivity index (χ4n) is 3.89. The van der Waals surface area contributed by atoms with Crippen LogP contribution < -0.4 is 9.47 Å². The van der Waals surface area contributed by atoms with Crippen LogP contribution in [-0.2, 0) is 11.2 Å². The molecule has 4 rings (SSSR count). The average Bonchev–Trinajstić information content (AvgIpc) is 2.78. The lowest BCUT2D eigenvalue weighted by Gasteiger charge is -2.39. The van der Waals surface area contributed by atoms with Crippen molar-refractivity contribution < 1.29 is 60.2 Å². The molecule has 33 heavy (non-hydrogen) atoms. The van der Waals surface area contributed by atoms with Crippen LogP contribution in [0.2, 0.25) is 0 Å². The van der Waals surface area contributed by atoms with Gasteiger partial charge in [-0.05, 0) is 17.7 Å². The molecule has 12 heteroatoms. The number of rotatable bonds is 4. The van der Waals surface area contributed by atoms with Crippen molar-refractivity contribution in [1.29, 1.82) is 0 Å². The van der Waals surface area contributed by atoms with Gasteiger partial charge in [-0.2, -0.15) is 0 Å². The minimum atomic E-state index is -1.77. The van der Waals surface area contributed by atoms with E-state index in [0.717, 1.165) is 6.07 Å². The van der Waals surface area contributed by atoms with E-state index in [1.807, 2.05) is 0 Å². The van der Waals surface area contributed by atoms with Crippen LogP contribution in [0.15, 0.2) is 24.3 Å². The van der Waals surface area contributed by atoms with Crippen LogP contribution in [0.25, 0.3) is 0 Å². The summed E-state index contributed by atoms with van der Waals surface area (Å²) in [5.74, 6) is -2.53. The van der Waals surface area contributed by atoms with Gasteiger partial charge in [-0.15, -0.1) is 0 Å². The van der Waals surface area contributed by atoms with Gasteiger partial charge in [0.15, 0.2) is 23.0 Å². The molecule has 0 aromatic heterocycles. The predicted octanol–water partition coefficient (Wildman–Crippen LogP) is -1.28. The zero-order chi connectivity index (χ0) is 24.0. The van der Waals surface area contributed by atoms with Crippen LogP contribution >= 0.6 is 0 Å². The van der Waals surface area contributed by atoms with Gasteiger partial charge in [0, 0.05) is 18.1 Å². The van der Waals surface area contributed by atoms with Crippen molar-refractivity contribution in [1.82, 2.24) is 0 Å². The number of aliphatic hydroxyl groups excluding tert-OH is 5. The van der Waals surface area contributed by atoms with Crippen molar-refractivity contribution in [2.24, 2.45) is 0 Å². The summed E-state index contributed by atoms with van der Waals surface area (Å²) in [6, 6.07) is 4.98. The Morgan fingerprint density at radius 1 is 0.879 bits per heavy atom. The van der Waals surface area contributed by atoms with Crippen LogP contribution in [-0.4, -0.2) is 89.4 Å². The summed E-state index contributed by atoms with van der Waals surface area (Å²) < 4.78 is 16.3.